The highest BCUT2D eigenvalue weighted by molar-refractivity contribution is 7.17. The first-order valence-electron chi connectivity index (χ1n) is 10.0. The van der Waals surface area contributed by atoms with Crippen LogP contribution in [0.3, 0.4) is 0 Å². The average molecular weight is 408 g/mol. The van der Waals surface area contributed by atoms with E-state index in [1.54, 1.807) is 0 Å². The van der Waals surface area contributed by atoms with Crippen LogP contribution in [0.4, 0.5) is 0 Å². The second-order valence-electron chi connectivity index (χ2n) is 7.24. The van der Waals surface area contributed by atoms with Gasteiger partial charge in [0.05, 0.1) is 18.8 Å². The maximum Gasteiger partial charge on any atom is 0.266 e. The predicted octanol–water partition coefficient (Wildman–Crippen LogP) is 4.68. The van der Waals surface area contributed by atoms with Gasteiger partial charge in [-0.25, -0.2) is 4.98 Å². The minimum atomic E-state index is -0.0848. The third kappa shape index (κ3) is 4.38. The van der Waals surface area contributed by atoms with Gasteiger partial charge in [-0.3, -0.25) is 9.78 Å². The molecule has 1 saturated heterocycles. The summed E-state index contributed by atoms with van der Waals surface area (Å²) < 4.78 is 5.91. The number of aryl methyl sites for hydroxylation is 2. The number of amides is 1. The highest BCUT2D eigenvalue weighted by atomic mass is 32.1. The second kappa shape index (κ2) is 8.84. The quantitative estimate of drug-likeness (QED) is 0.616. The van der Waals surface area contributed by atoms with Crippen LogP contribution >= 0.6 is 11.3 Å². The molecular formula is C23H25N3O2S. The van der Waals surface area contributed by atoms with Crippen molar-refractivity contribution in [1.29, 1.82) is 0 Å². The van der Waals surface area contributed by atoms with E-state index in [9.17, 15) is 4.79 Å². The van der Waals surface area contributed by atoms with Crippen molar-refractivity contribution in [3.63, 3.8) is 0 Å². The lowest BCUT2D eigenvalue weighted by Crippen LogP contribution is -2.42. The molecular weight excluding hydrogens is 382 g/mol. The van der Waals surface area contributed by atoms with E-state index in [1.165, 1.54) is 11.3 Å². The number of morpholine rings is 1. The number of thiazole rings is 1. The van der Waals surface area contributed by atoms with Crippen molar-refractivity contribution >= 4 is 17.2 Å². The number of pyridine rings is 1. The van der Waals surface area contributed by atoms with E-state index < -0.39 is 0 Å². The van der Waals surface area contributed by atoms with Gasteiger partial charge >= 0.3 is 0 Å². The molecule has 1 unspecified atom stereocenters. The summed E-state index contributed by atoms with van der Waals surface area (Å²) in [7, 11) is 0. The monoisotopic (exact) mass is 407 g/mol. The number of hydrogen-bond donors (Lipinski definition) is 0. The van der Waals surface area contributed by atoms with Crippen molar-refractivity contribution in [2.75, 3.05) is 19.7 Å². The second-order valence-corrected chi connectivity index (χ2v) is 8.24. The van der Waals surface area contributed by atoms with Crippen molar-refractivity contribution in [2.24, 2.45) is 0 Å². The fraction of sp³-hybridized carbons (Fsp3) is 0.348. The molecule has 1 atom stereocenters. The number of benzene rings is 1. The maximum absolute atomic E-state index is 13.2. The molecule has 2 aromatic heterocycles. The van der Waals surface area contributed by atoms with Gasteiger partial charge in [-0.1, -0.05) is 43.7 Å². The van der Waals surface area contributed by atoms with Crippen molar-refractivity contribution < 1.29 is 9.53 Å². The molecule has 1 aliphatic heterocycles. The first-order chi connectivity index (χ1) is 14.2. The Labute approximate surface area is 175 Å². The fourth-order valence-corrected chi connectivity index (χ4v) is 4.60. The molecule has 1 fully saturated rings. The Kier molecular flexibility index (Phi) is 6.02. The number of hydrogen-bond acceptors (Lipinski definition) is 5. The van der Waals surface area contributed by atoms with Crippen LogP contribution in [0.15, 0.2) is 48.7 Å². The minimum absolute atomic E-state index is 0.0401. The topological polar surface area (TPSA) is 55.3 Å². The van der Waals surface area contributed by atoms with E-state index >= 15 is 0 Å². The zero-order valence-corrected chi connectivity index (χ0v) is 17.6. The molecule has 3 heterocycles. The van der Waals surface area contributed by atoms with E-state index in [2.05, 4.69) is 23.0 Å². The Hall–Kier alpha value is -2.57. The molecule has 1 aliphatic rings. The van der Waals surface area contributed by atoms with Crippen molar-refractivity contribution in [2.45, 2.75) is 32.8 Å². The largest absolute Gasteiger partial charge is 0.370 e. The number of carbonyl (C=O) groups is 1. The molecule has 150 valence electrons. The van der Waals surface area contributed by atoms with Crippen LogP contribution in [0.1, 0.15) is 46.1 Å². The first-order valence-corrected chi connectivity index (χ1v) is 10.9. The van der Waals surface area contributed by atoms with Crippen LogP contribution in [-0.4, -0.2) is 40.5 Å². The normalized spacial score (nSPS) is 16.8. The van der Waals surface area contributed by atoms with E-state index in [4.69, 9.17) is 4.74 Å². The molecule has 0 radical (unpaired) electrons. The smallest absolute Gasteiger partial charge is 0.266 e. The summed E-state index contributed by atoms with van der Waals surface area (Å²) in [6.07, 6.45) is 3.73. The first kappa shape index (κ1) is 19.7. The standard InChI is InChI=1S/C23H25N3O2S/c1-3-7-19-14-18(10-11-24-19)22-25-16(2)21(29-22)23(27)26-12-13-28-20(15-26)17-8-5-4-6-9-17/h4-6,8-11,14,20H,3,7,12-13,15H2,1-2H3. The third-order valence-electron chi connectivity index (χ3n) is 5.09. The number of nitrogens with zero attached hydrogens (tertiary/aromatic N) is 3. The van der Waals surface area contributed by atoms with Crippen LogP contribution in [0, 0.1) is 6.92 Å². The van der Waals surface area contributed by atoms with Gasteiger partial charge in [0, 0.05) is 24.0 Å². The Morgan fingerprint density at radius 1 is 1.28 bits per heavy atom. The average Bonchev–Trinajstić information content (AvgIpc) is 3.16. The van der Waals surface area contributed by atoms with Crippen LogP contribution in [0.2, 0.25) is 0 Å². The molecule has 29 heavy (non-hydrogen) atoms. The van der Waals surface area contributed by atoms with Gasteiger partial charge in [0.2, 0.25) is 0 Å². The lowest BCUT2D eigenvalue weighted by Gasteiger charge is -2.33. The van der Waals surface area contributed by atoms with Gasteiger partial charge in [-0.2, -0.15) is 0 Å². The van der Waals surface area contributed by atoms with Crippen molar-refractivity contribution in [3.8, 4) is 10.6 Å². The molecule has 5 nitrogen and oxygen atoms in total. The lowest BCUT2D eigenvalue weighted by molar-refractivity contribution is -0.0226. The van der Waals surface area contributed by atoms with Gasteiger partial charge in [-0.15, -0.1) is 11.3 Å². The van der Waals surface area contributed by atoms with Crippen LogP contribution in [0.25, 0.3) is 10.6 Å². The zero-order chi connectivity index (χ0) is 20.2. The van der Waals surface area contributed by atoms with Gasteiger partial charge in [0.15, 0.2) is 0 Å². The molecule has 0 aliphatic carbocycles. The predicted molar refractivity (Wildman–Crippen MR) is 115 cm³/mol. The van der Waals surface area contributed by atoms with E-state index in [-0.39, 0.29) is 12.0 Å². The summed E-state index contributed by atoms with van der Waals surface area (Å²) >= 11 is 1.47. The highest BCUT2D eigenvalue weighted by Gasteiger charge is 2.28. The molecule has 0 saturated carbocycles. The molecule has 6 heteroatoms. The molecule has 4 rings (SSSR count). The van der Waals surface area contributed by atoms with Crippen molar-refractivity contribution in [1.82, 2.24) is 14.9 Å². The number of aromatic nitrogens is 2. The summed E-state index contributed by atoms with van der Waals surface area (Å²) in [4.78, 5) is 24.9. The molecule has 0 N–H and O–H groups in total. The van der Waals surface area contributed by atoms with Gasteiger partial charge < -0.3 is 9.64 Å². The molecule has 3 aromatic rings. The molecule has 0 spiro atoms. The Morgan fingerprint density at radius 3 is 2.90 bits per heavy atom. The number of rotatable bonds is 5. The fourth-order valence-electron chi connectivity index (χ4n) is 3.57. The van der Waals surface area contributed by atoms with E-state index in [0.717, 1.165) is 40.4 Å². The Morgan fingerprint density at radius 2 is 2.10 bits per heavy atom. The lowest BCUT2D eigenvalue weighted by atomic mass is 10.1. The van der Waals surface area contributed by atoms with Gasteiger partial charge in [0.25, 0.3) is 5.91 Å². The minimum Gasteiger partial charge on any atom is -0.370 e. The summed E-state index contributed by atoms with van der Waals surface area (Å²) in [6.45, 7) is 5.76. The summed E-state index contributed by atoms with van der Waals surface area (Å²) in [6, 6.07) is 14.1. The SMILES string of the molecule is CCCc1cc(-c2nc(C)c(C(=O)N3CCOC(c4ccccc4)C3)s2)ccn1. The van der Waals surface area contributed by atoms with Crippen LogP contribution in [-0.2, 0) is 11.2 Å². The van der Waals surface area contributed by atoms with Crippen LogP contribution in [0.5, 0.6) is 0 Å². The maximum atomic E-state index is 13.2. The number of carbonyl (C=O) groups excluding carboxylic acids is 1. The van der Waals surface area contributed by atoms with E-state index in [0.29, 0.717) is 24.6 Å². The highest BCUT2D eigenvalue weighted by Crippen LogP contribution is 2.30. The van der Waals surface area contributed by atoms with Gasteiger partial charge in [0.1, 0.15) is 16.0 Å². The molecule has 0 bridgehead atoms. The van der Waals surface area contributed by atoms with Gasteiger partial charge in [-0.05, 0) is 31.0 Å². The number of ether oxygens (including phenoxy) is 1. The van der Waals surface area contributed by atoms with E-state index in [1.807, 2.05) is 54.4 Å². The molecule has 1 amide bonds. The third-order valence-corrected chi connectivity index (χ3v) is 6.28. The summed E-state index contributed by atoms with van der Waals surface area (Å²) in [5, 5.41) is 0.874. The zero-order valence-electron chi connectivity index (χ0n) is 16.8. The van der Waals surface area contributed by atoms with Crippen molar-refractivity contribution in [3.05, 3.63) is 70.5 Å². The summed E-state index contributed by atoms with van der Waals surface area (Å²) in [5.41, 5.74) is 3.97. The Balaban J connectivity index is 1.54. The Bertz CT molecular complexity index is 987. The van der Waals surface area contributed by atoms with Crippen LogP contribution < -0.4 is 0 Å². The summed E-state index contributed by atoms with van der Waals surface area (Å²) in [5.74, 6) is 0.0401. The molecule has 1 aromatic carbocycles.